The molecule has 5 nitrogen and oxygen atoms in total. The molecule has 0 aliphatic rings. The van der Waals surface area contributed by atoms with E-state index in [0.29, 0.717) is 5.56 Å². The third-order valence-electron chi connectivity index (χ3n) is 2.24. The van der Waals surface area contributed by atoms with E-state index >= 15 is 0 Å². The average molecular weight is 257 g/mol. The number of hydrogen-bond donors (Lipinski definition) is 2. The van der Waals surface area contributed by atoms with Crippen LogP contribution >= 0.6 is 0 Å². The predicted molar refractivity (Wildman–Crippen MR) is 64.6 cm³/mol. The zero-order valence-corrected chi connectivity index (χ0v) is 10.3. The Morgan fingerprint density at radius 1 is 1.41 bits per heavy atom. The van der Waals surface area contributed by atoms with E-state index in [9.17, 15) is 13.2 Å². The number of hydrogen-bond acceptors (Lipinski definition) is 3. The van der Waals surface area contributed by atoms with Crippen LogP contribution in [0.2, 0.25) is 0 Å². The van der Waals surface area contributed by atoms with Crippen molar-refractivity contribution >= 4 is 16.0 Å². The summed E-state index contributed by atoms with van der Waals surface area (Å²) in [6, 6.07) is 7.09. The lowest BCUT2D eigenvalue weighted by atomic mass is 10.1. The molecule has 0 radical (unpaired) electrons. The molecule has 1 aromatic carbocycles. The minimum Gasteiger partial charge on any atom is -0.351 e. The van der Waals surface area contributed by atoms with Crippen LogP contribution < -0.4 is 5.32 Å². The molecule has 0 unspecified atom stereocenters. The summed E-state index contributed by atoms with van der Waals surface area (Å²) in [6.45, 7) is 1.88. The van der Waals surface area contributed by atoms with Crippen LogP contribution in [0, 0.1) is 0 Å². The average Bonchev–Trinajstić information content (AvgIpc) is 2.27. The summed E-state index contributed by atoms with van der Waals surface area (Å²) >= 11 is 0. The third kappa shape index (κ3) is 4.97. The molecule has 1 amide bonds. The summed E-state index contributed by atoms with van der Waals surface area (Å²) in [5.41, 5.74) is 1.52. The highest BCUT2D eigenvalue weighted by atomic mass is 32.2. The fourth-order valence-electron chi connectivity index (χ4n) is 1.33. The fraction of sp³-hybridized carbons (Fsp3) is 0.364. The molecule has 1 rings (SSSR count). The van der Waals surface area contributed by atoms with Crippen molar-refractivity contribution in [1.29, 1.82) is 0 Å². The van der Waals surface area contributed by atoms with Crippen molar-refractivity contribution in [2.24, 2.45) is 0 Å². The highest BCUT2D eigenvalue weighted by Crippen LogP contribution is 2.05. The van der Waals surface area contributed by atoms with Crippen molar-refractivity contribution < 1.29 is 17.8 Å². The maximum Gasteiger partial charge on any atom is 0.266 e. The van der Waals surface area contributed by atoms with Crippen molar-refractivity contribution in [3.63, 3.8) is 0 Å². The molecule has 0 aromatic heterocycles. The number of carbonyl (C=O) groups excluding carboxylic acids is 1. The molecular formula is C11H15NO4S. The molecule has 1 aromatic rings. The molecule has 0 spiro atoms. The number of rotatable bonds is 5. The van der Waals surface area contributed by atoms with Crippen LogP contribution in [0.4, 0.5) is 0 Å². The van der Waals surface area contributed by atoms with Gasteiger partial charge in [0.25, 0.3) is 16.0 Å². The number of aryl methyl sites for hydroxylation is 1. The van der Waals surface area contributed by atoms with Gasteiger partial charge in [0.05, 0.1) is 5.75 Å². The van der Waals surface area contributed by atoms with Crippen molar-refractivity contribution in [3.8, 4) is 0 Å². The Bertz CT molecular complexity index is 496. The molecule has 0 saturated heterocycles. The van der Waals surface area contributed by atoms with Crippen LogP contribution in [-0.2, 0) is 16.5 Å². The Kier molecular flexibility index (Phi) is 4.65. The minimum absolute atomic E-state index is 0.103. The molecule has 0 fully saturated rings. The van der Waals surface area contributed by atoms with Crippen LogP contribution in [0.15, 0.2) is 24.3 Å². The van der Waals surface area contributed by atoms with Gasteiger partial charge in [-0.05, 0) is 24.1 Å². The highest BCUT2D eigenvalue weighted by molar-refractivity contribution is 7.85. The number of amides is 1. The largest absolute Gasteiger partial charge is 0.351 e. The fourth-order valence-corrected chi connectivity index (χ4v) is 1.69. The van der Waals surface area contributed by atoms with Gasteiger partial charge in [0.15, 0.2) is 0 Å². The van der Waals surface area contributed by atoms with Gasteiger partial charge in [-0.1, -0.05) is 19.1 Å². The van der Waals surface area contributed by atoms with Gasteiger partial charge in [-0.15, -0.1) is 0 Å². The summed E-state index contributed by atoms with van der Waals surface area (Å²) < 4.78 is 29.4. The predicted octanol–water partition coefficient (Wildman–Crippen LogP) is 0.867. The SMILES string of the molecule is CCc1cccc(C(=O)NCCS(=O)(=O)O)c1. The molecule has 0 atom stereocenters. The number of nitrogens with one attached hydrogen (secondary N) is 1. The maximum absolute atomic E-state index is 11.6. The Labute approximate surface area is 101 Å². The first-order valence-corrected chi connectivity index (χ1v) is 6.85. The van der Waals surface area contributed by atoms with Crippen LogP contribution in [0.1, 0.15) is 22.8 Å². The first-order chi connectivity index (χ1) is 7.92. The number of carbonyl (C=O) groups is 1. The topological polar surface area (TPSA) is 83.5 Å². The molecule has 0 saturated carbocycles. The molecular weight excluding hydrogens is 242 g/mol. The van der Waals surface area contributed by atoms with Crippen LogP contribution in [0.5, 0.6) is 0 Å². The Hall–Kier alpha value is -1.40. The van der Waals surface area contributed by atoms with Crippen LogP contribution in [-0.4, -0.2) is 31.2 Å². The van der Waals surface area contributed by atoms with Gasteiger partial charge in [-0.2, -0.15) is 8.42 Å². The van der Waals surface area contributed by atoms with E-state index in [1.165, 1.54) is 0 Å². The van der Waals surface area contributed by atoms with E-state index in [1.807, 2.05) is 13.0 Å². The van der Waals surface area contributed by atoms with E-state index in [4.69, 9.17) is 4.55 Å². The molecule has 0 aliphatic heterocycles. The highest BCUT2D eigenvalue weighted by Gasteiger charge is 2.08. The van der Waals surface area contributed by atoms with Gasteiger partial charge >= 0.3 is 0 Å². The quantitative estimate of drug-likeness (QED) is 0.766. The summed E-state index contributed by atoms with van der Waals surface area (Å²) in [5.74, 6) is -0.824. The summed E-state index contributed by atoms with van der Waals surface area (Å²) in [4.78, 5) is 11.6. The lowest BCUT2D eigenvalue weighted by Gasteiger charge is -2.05. The second-order valence-electron chi connectivity index (χ2n) is 3.60. The molecule has 0 aliphatic carbocycles. The van der Waals surface area contributed by atoms with Crippen LogP contribution in [0.25, 0.3) is 0 Å². The maximum atomic E-state index is 11.6. The zero-order valence-electron chi connectivity index (χ0n) is 9.51. The minimum atomic E-state index is -4.03. The Balaban J connectivity index is 2.58. The third-order valence-corrected chi connectivity index (χ3v) is 2.96. The lowest BCUT2D eigenvalue weighted by Crippen LogP contribution is -2.28. The van der Waals surface area contributed by atoms with Gasteiger partial charge < -0.3 is 5.32 Å². The Morgan fingerprint density at radius 3 is 2.71 bits per heavy atom. The number of benzene rings is 1. The van der Waals surface area contributed by atoms with Crippen molar-refractivity contribution in [1.82, 2.24) is 5.32 Å². The van der Waals surface area contributed by atoms with Gasteiger partial charge in [0.2, 0.25) is 0 Å². The van der Waals surface area contributed by atoms with E-state index in [2.05, 4.69) is 5.32 Å². The van der Waals surface area contributed by atoms with Gasteiger partial charge in [-0.25, -0.2) is 0 Å². The summed E-state index contributed by atoms with van der Waals surface area (Å²) in [7, 11) is -4.03. The first kappa shape index (κ1) is 13.7. The zero-order chi connectivity index (χ0) is 12.9. The summed E-state index contributed by atoms with van der Waals surface area (Å²) in [5, 5.41) is 2.43. The van der Waals surface area contributed by atoms with Gasteiger partial charge in [-0.3, -0.25) is 9.35 Å². The normalized spacial score (nSPS) is 11.2. The molecule has 2 N–H and O–H groups in total. The lowest BCUT2D eigenvalue weighted by molar-refractivity contribution is 0.0956. The molecule has 6 heteroatoms. The molecule has 0 bridgehead atoms. The van der Waals surface area contributed by atoms with Gasteiger partial charge in [0.1, 0.15) is 0 Å². The standard InChI is InChI=1S/C11H15NO4S/c1-2-9-4-3-5-10(8-9)11(13)12-6-7-17(14,15)16/h3-5,8H,2,6-7H2,1H3,(H,12,13)(H,14,15,16). The van der Waals surface area contributed by atoms with Crippen molar-refractivity contribution in [2.45, 2.75) is 13.3 Å². The van der Waals surface area contributed by atoms with E-state index < -0.39 is 15.9 Å². The van der Waals surface area contributed by atoms with E-state index in [0.717, 1.165) is 12.0 Å². The Morgan fingerprint density at radius 2 is 2.12 bits per heavy atom. The molecule has 0 heterocycles. The monoisotopic (exact) mass is 257 g/mol. The molecule has 17 heavy (non-hydrogen) atoms. The van der Waals surface area contributed by atoms with Crippen molar-refractivity contribution in [3.05, 3.63) is 35.4 Å². The smallest absolute Gasteiger partial charge is 0.266 e. The van der Waals surface area contributed by atoms with Crippen LogP contribution in [0.3, 0.4) is 0 Å². The molecule has 94 valence electrons. The van der Waals surface area contributed by atoms with E-state index in [-0.39, 0.29) is 12.5 Å². The van der Waals surface area contributed by atoms with Gasteiger partial charge in [0, 0.05) is 12.1 Å². The van der Waals surface area contributed by atoms with E-state index in [1.54, 1.807) is 18.2 Å². The van der Waals surface area contributed by atoms with Crippen molar-refractivity contribution in [2.75, 3.05) is 12.3 Å². The first-order valence-electron chi connectivity index (χ1n) is 5.24. The second kappa shape index (κ2) is 5.79. The second-order valence-corrected chi connectivity index (χ2v) is 5.17. The summed E-state index contributed by atoms with van der Waals surface area (Å²) in [6.07, 6.45) is 0.826.